The second-order valence-electron chi connectivity index (χ2n) is 4.59. The maximum absolute atomic E-state index is 5.16. The van der Waals surface area contributed by atoms with Gasteiger partial charge in [-0.15, -0.1) is 5.10 Å². The van der Waals surface area contributed by atoms with Crippen molar-refractivity contribution in [3.05, 3.63) is 12.0 Å². The molecule has 0 aromatic carbocycles. The van der Waals surface area contributed by atoms with Crippen LogP contribution in [0, 0.1) is 0 Å². The molecule has 0 atom stereocenters. The van der Waals surface area contributed by atoms with E-state index in [1.807, 2.05) is 27.7 Å². The van der Waals surface area contributed by atoms with E-state index in [2.05, 4.69) is 20.3 Å². The standard InChI is InChI=1S/C10H15N5O/c1-5-15-11-6-7(13-15)8-12-9(14-16-8)10(2,3)4/h6H,5H2,1-4H3. The number of hydrogen-bond acceptors (Lipinski definition) is 5. The van der Waals surface area contributed by atoms with Crippen molar-refractivity contribution in [2.75, 3.05) is 0 Å². The summed E-state index contributed by atoms with van der Waals surface area (Å²) >= 11 is 0. The average Bonchev–Trinajstić information content (AvgIpc) is 2.85. The smallest absolute Gasteiger partial charge is 0.280 e. The highest BCUT2D eigenvalue weighted by Gasteiger charge is 2.22. The third-order valence-electron chi connectivity index (χ3n) is 2.14. The van der Waals surface area contributed by atoms with E-state index in [-0.39, 0.29) is 5.41 Å². The van der Waals surface area contributed by atoms with Gasteiger partial charge < -0.3 is 4.52 Å². The van der Waals surface area contributed by atoms with E-state index in [9.17, 15) is 0 Å². The van der Waals surface area contributed by atoms with Gasteiger partial charge in [0.25, 0.3) is 5.89 Å². The van der Waals surface area contributed by atoms with E-state index in [0.717, 1.165) is 6.54 Å². The van der Waals surface area contributed by atoms with Crippen LogP contribution >= 0.6 is 0 Å². The Balaban J connectivity index is 2.31. The van der Waals surface area contributed by atoms with Crippen LogP contribution in [0.25, 0.3) is 11.6 Å². The van der Waals surface area contributed by atoms with Crippen molar-refractivity contribution >= 4 is 0 Å². The second-order valence-corrected chi connectivity index (χ2v) is 4.59. The molecule has 2 rings (SSSR count). The van der Waals surface area contributed by atoms with Gasteiger partial charge in [0, 0.05) is 5.41 Å². The van der Waals surface area contributed by atoms with Gasteiger partial charge in [-0.3, -0.25) is 0 Å². The number of rotatable bonds is 2. The van der Waals surface area contributed by atoms with Gasteiger partial charge in [0.15, 0.2) is 11.5 Å². The van der Waals surface area contributed by atoms with E-state index < -0.39 is 0 Å². The highest BCUT2D eigenvalue weighted by atomic mass is 16.5. The zero-order valence-electron chi connectivity index (χ0n) is 9.93. The van der Waals surface area contributed by atoms with Crippen molar-refractivity contribution in [3.63, 3.8) is 0 Å². The summed E-state index contributed by atoms with van der Waals surface area (Å²) in [4.78, 5) is 5.89. The molecular weight excluding hydrogens is 206 g/mol. The van der Waals surface area contributed by atoms with Crippen molar-refractivity contribution in [3.8, 4) is 11.6 Å². The van der Waals surface area contributed by atoms with Gasteiger partial charge in [0.05, 0.1) is 12.7 Å². The Labute approximate surface area is 93.7 Å². The predicted octanol–water partition coefficient (Wildman–Crippen LogP) is 1.65. The first-order chi connectivity index (χ1) is 7.50. The molecule has 0 unspecified atom stereocenters. The number of nitrogens with zero attached hydrogens (tertiary/aromatic N) is 5. The number of aryl methyl sites for hydroxylation is 1. The average molecular weight is 221 g/mol. The molecule has 16 heavy (non-hydrogen) atoms. The molecular formula is C10H15N5O. The van der Waals surface area contributed by atoms with Gasteiger partial charge >= 0.3 is 0 Å². The first-order valence-electron chi connectivity index (χ1n) is 5.25. The van der Waals surface area contributed by atoms with Crippen molar-refractivity contribution in [1.82, 2.24) is 25.1 Å². The minimum atomic E-state index is -0.123. The minimum absolute atomic E-state index is 0.123. The molecule has 2 aromatic heterocycles. The van der Waals surface area contributed by atoms with E-state index in [4.69, 9.17) is 4.52 Å². The topological polar surface area (TPSA) is 69.6 Å². The molecule has 0 N–H and O–H groups in total. The number of hydrogen-bond donors (Lipinski definition) is 0. The zero-order chi connectivity index (χ0) is 11.8. The summed E-state index contributed by atoms with van der Waals surface area (Å²) in [5.74, 6) is 1.10. The first-order valence-corrected chi connectivity index (χ1v) is 5.25. The van der Waals surface area contributed by atoms with Crippen molar-refractivity contribution < 1.29 is 4.52 Å². The summed E-state index contributed by atoms with van der Waals surface area (Å²) in [6.45, 7) is 8.79. The fourth-order valence-electron chi connectivity index (χ4n) is 1.18. The summed E-state index contributed by atoms with van der Waals surface area (Å²) in [6, 6.07) is 0. The molecule has 0 amide bonds. The van der Waals surface area contributed by atoms with Gasteiger partial charge in [0.2, 0.25) is 0 Å². The molecule has 6 nitrogen and oxygen atoms in total. The molecule has 0 aliphatic heterocycles. The summed E-state index contributed by atoms with van der Waals surface area (Å²) in [6.07, 6.45) is 1.63. The Kier molecular flexibility index (Phi) is 2.49. The SMILES string of the molecule is CCn1ncc(-c2nc(C(C)(C)C)no2)n1. The summed E-state index contributed by atoms with van der Waals surface area (Å²) in [5.41, 5.74) is 0.493. The molecule has 6 heteroatoms. The van der Waals surface area contributed by atoms with Crippen LogP contribution in [0.2, 0.25) is 0 Å². The molecule has 0 radical (unpaired) electrons. The van der Waals surface area contributed by atoms with E-state index >= 15 is 0 Å². The van der Waals surface area contributed by atoms with E-state index in [1.165, 1.54) is 0 Å². The van der Waals surface area contributed by atoms with Crippen molar-refractivity contribution in [2.24, 2.45) is 0 Å². The van der Waals surface area contributed by atoms with E-state index in [0.29, 0.717) is 17.4 Å². The lowest BCUT2D eigenvalue weighted by Gasteiger charge is -2.10. The maximum Gasteiger partial charge on any atom is 0.280 e. The Morgan fingerprint density at radius 1 is 1.38 bits per heavy atom. The largest absolute Gasteiger partial charge is 0.332 e. The molecule has 2 heterocycles. The molecule has 0 spiro atoms. The lowest BCUT2D eigenvalue weighted by Crippen LogP contribution is -2.13. The van der Waals surface area contributed by atoms with E-state index in [1.54, 1.807) is 11.0 Å². The van der Waals surface area contributed by atoms with Crippen LogP contribution < -0.4 is 0 Å². The molecule has 0 saturated carbocycles. The quantitative estimate of drug-likeness (QED) is 0.771. The Hall–Kier alpha value is -1.72. The Morgan fingerprint density at radius 2 is 2.12 bits per heavy atom. The van der Waals surface area contributed by atoms with Crippen LogP contribution in [0.4, 0.5) is 0 Å². The van der Waals surface area contributed by atoms with Crippen LogP contribution in [0.5, 0.6) is 0 Å². The molecule has 0 saturated heterocycles. The molecule has 0 aliphatic rings. The van der Waals surface area contributed by atoms with Crippen LogP contribution in [0.15, 0.2) is 10.7 Å². The maximum atomic E-state index is 5.16. The lowest BCUT2D eigenvalue weighted by atomic mass is 9.96. The first kappa shape index (κ1) is 10.8. The van der Waals surface area contributed by atoms with Gasteiger partial charge in [-0.2, -0.15) is 14.9 Å². The van der Waals surface area contributed by atoms with Gasteiger partial charge in [-0.25, -0.2) is 0 Å². The van der Waals surface area contributed by atoms with Gasteiger partial charge in [-0.1, -0.05) is 25.9 Å². The number of aromatic nitrogens is 5. The Morgan fingerprint density at radius 3 is 2.62 bits per heavy atom. The predicted molar refractivity (Wildman–Crippen MR) is 57.7 cm³/mol. The minimum Gasteiger partial charge on any atom is -0.332 e. The molecule has 0 fully saturated rings. The monoisotopic (exact) mass is 221 g/mol. The normalized spacial score (nSPS) is 12.0. The molecule has 2 aromatic rings. The third kappa shape index (κ3) is 1.95. The highest BCUT2D eigenvalue weighted by Crippen LogP contribution is 2.21. The lowest BCUT2D eigenvalue weighted by molar-refractivity contribution is 0.401. The third-order valence-corrected chi connectivity index (χ3v) is 2.14. The van der Waals surface area contributed by atoms with Gasteiger partial charge in [-0.05, 0) is 6.92 Å². The molecule has 86 valence electrons. The summed E-state index contributed by atoms with van der Waals surface area (Å²) in [5, 5.41) is 12.2. The zero-order valence-corrected chi connectivity index (χ0v) is 9.93. The fraction of sp³-hybridized carbons (Fsp3) is 0.600. The Bertz CT molecular complexity index is 479. The van der Waals surface area contributed by atoms with Crippen LogP contribution in [-0.2, 0) is 12.0 Å². The molecule has 0 bridgehead atoms. The molecule has 0 aliphatic carbocycles. The fourth-order valence-corrected chi connectivity index (χ4v) is 1.18. The van der Waals surface area contributed by atoms with Gasteiger partial charge in [0.1, 0.15) is 0 Å². The second kappa shape index (κ2) is 3.70. The van der Waals surface area contributed by atoms with Crippen LogP contribution in [-0.4, -0.2) is 25.1 Å². The van der Waals surface area contributed by atoms with Crippen molar-refractivity contribution in [2.45, 2.75) is 39.7 Å². The van der Waals surface area contributed by atoms with Crippen LogP contribution in [0.3, 0.4) is 0 Å². The summed E-state index contributed by atoms with van der Waals surface area (Å²) < 4.78 is 5.16. The summed E-state index contributed by atoms with van der Waals surface area (Å²) in [7, 11) is 0. The van der Waals surface area contributed by atoms with Crippen molar-refractivity contribution in [1.29, 1.82) is 0 Å². The highest BCUT2D eigenvalue weighted by molar-refractivity contribution is 5.43. The van der Waals surface area contributed by atoms with Crippen LogP contribution in [0.1, 0.15) is 33.5 Å².